The molecule has 6 heteroatoms. The SMILES string of the molecule is C[C@H]1c2ccsc2CCN1C(=O)CN1CSCC1=O. The highest BCUT2D eigenvalue weighted by molar-refractivity contribution is 8.00. The van der Waals surface area contributed by atoms with Crippen LogP contribution in [0.5, 0.6) is 0 Å². The van der Waals surface area contributed by atoms with Crippen LogP contribution >= 0.6 is 23.1 Å². The van der Waals surface area contributed by atoms with Gasteiger partial charge < -0.3 is 9.80 Å². The zero-order valence-corrected chi connectivity index (χ0v) is 12.4. The number of hydrogen-bond donors (Lipinski definition) is 0. The van der Waals surface area contributed by atoms with Crippen molar-refractivity contribution in [3.63, 3.8) is 0 Å². The van der Waals surface area contributed by atoms with Gasteiger partial charge in [0.15, 0.2) is 0 Å². The predicted octanol–water partition coefficient (Wildman–Crippen LogP) is 1.73. The summed E-state index contributed by atoms with van der Waals surface area (Å²) in [6.07, 6.45) is 0.936. The van der Waals surface area contributed by atoms with Crippen LogP contribution in [0.1, 0.15) is 23.4 Å². The second-order valence-electron chi connectivity index (χ2n) is 4.88. The summed E-state index contributed by atoms with van der Waals surface area (Å²) >= 11 is 3.35. The first kappa shape index (κ1) is 13.0. The number of hydrogen-bond acceptors (Lipinski definition) is 4. The average molecular weight is 296 g/mol. The number of carbonyl (C=O) groups is 2. The lowest BCUT2D eigenvalue weighted by molar-refractivity contribution is -0.139. The second kappa shape index (κ2) is 5.17. The molecule has 0 aliphatic carbocycles. The van der Waals surface area contributed by atoms with Crippen molar-refractivity contribution in [3.05, 3.63) is 21.9 Å². The third-order valence-electron chi connectivity index (χ3n) is 3.75. The molecule has 0 saturated carbocycles. The lowest BCUT2D eigenvalue weighted by Gasteiger charge is -2.34. The van der Waals surface area contributed by atoms with E-state index in [1.54, 1.807) is 28.0 Å². The Balaban J connectivity index is 1.69. The lowest BCUT2D eigenvalue weighted by Crippen LogP contribution is -2.44. The molecule has 2 amide bonds. The Hall–Kier alpha value is -1.01. The first-order chi connectivity index (χ1) is 9.16. The largest absolute Gasteiger partial charge is 0.334 e. The molecule has 3 heterocycles. The molecule has 4 nitrogen and oxygen atoms in total. The van der Waals surface area contributed by atoms with E-state index >= 15 is 0 Å². The first-order valence-electron chi connectivity index (χ1n) is 6.38. The van der Waals surface area contributed by atoms with Crippen molar-refractivity contribution in [3.8, 4) is 0 Å². The summed E-state index contributed by atoms with van der Waals surface area (Å²) in [6.45, 7) is 3.07. The predicted molar refractivity (Wildman–Crippen MR) is 77.2 cm³/mol. The number of amides is 2. The Morgan fingerprint density at radius 2 is 2.37 bits per heavy atom. The molecule has 2 aliphatic rings. The van der Waals surface area contributed by atoms with Gasteiger partial charge in [-0.1, -0.05) is 0 Å². The molecule has 0 aromatic carbocycles. The van der Waals surface area contributed by atoms with Crippen LogP contribution in [0, 0.1) is 0 Å². The highest BCUT2D eigenvalue weighted by Crippen LogP contribution is 2.33. The Bertz CT molecular complexity index is 514. The molecule has 1 fully saturated rings. The van der Waals surface area contributed by atoms with Gasteiger partial charge in [0.1, 0.15) is 6.54 Å². The number of thioether (sulfide) groups is 1. The summed E-state index contributed by atoms with van der Waals surface area (Å²) < 4.78 is 0. The number of nitrogens with zero attached hydrogens (tertiary/aromatic N) is 2. The van der Waals surface area contributed by atoms with Crippen molar-refractivity contribution < 1.29 is 9.59 Å². The van der Waals surface area contributed by atoms with Crippen LogP contribution in [0.4, 0.5) is 0 Å². The summed E-state index contributed by atoms with van der Waals surface area (Å²) in [5.74, 6) is 1.31. The first-order valence-corrected chi connectivity index (χ1v) is 8.41. The van der Waals surface area contributed by atoms with E-state index in [2.05, 4.69) is 18.4 Å². The summed E-state index contributed by atoms with van der Waals surface area (Å²) in [4.78, 5) is 28.9. The van der Waals surface area contributed by atoms with E-state index in [1.165, 1.54) is 10.4 Å². The summed E-state index contributed by atoms with van der Waals surface area (Å²) in [5, 5.41) is 2.09. The summed E-state index contributed by atoms with van der Waals surface area (Å²) in [7, 11) is 0. The topological polar surface area (TPSA) is 40.6 Å². The van der Waals surface area contributed by atoms with Crippen molar-refractivity contribution in [2.24, 2.45) is 0 Å². The maximum atomic E-state index is 12.4. The molecule has 102 valence electrons. The van der Waals surface area contributed by atoms with E-state index in [0.717, 1.165) is 13.0 Å². The maximum absolute atomic E-state index is 12.4. The average Bonchev–Trinajstić information content (AvgIpc) is 3.00. The molecule has 19 heavy (non-hydrogen) atoms. The number of thiophene rings is 1. The molecule has 0 unspecified atom stereocenters. The van der Waals surface area contributed by atoms with Crippen LogP contribution in [-0.2, 0) is 16.0 Å². The molecule has 1 atom stereocenters. The third kappa shape index (κ3) is 2.39. The molecule has 0 N–H and O–H groups in total. The highest BCUT2D eigenvalue weighted by atomic mass is 32.2. The standard InChI is InChI=1S/C13H16N2O2S2/c1-9-10-3-5-19-11(10)2-4-15(9)12(16)6-14-8-18-7-13(14)17/h3,5,9H,2,4,6-8H2,1H3/t9-/m0/s1. The Kier molecular flexibility index (Phi) is 3.54. The molecular weight excluding hydrogens is 280 g/mol. The van der Waals surface area contributed by atoms with E-state index in [9.17, 15) is 9.59 Å². The van der Waals surface area contributed by atoms with Crippen molar-refractivity contribution in [1.29, 1.82) is 0 Å². The molecule has 3 rings (SSSR count). The summed E-state index contributed by atoms with van der Waals surface area (Å²) in [5.41, 5.74) is 1.27. The third-order valence-corrected chi connectivity index (χ3v) is 5.69. The van der Waals surface area contributed by atoms with Gasteiger partial charge in [-0.3, -0.25) is 9.59 Å². The fourth-order valence-electron chi connectivity index (χ4n) is 2.64. The molecule has 1 aromatic rings. The summed E-state index contributed by atoms with van der Waals surface area (Å²) in [6, 6.07) is 2.24. The van der Waals surface area contributed by atoms with Gasteiger partial charge in [-0.25, -0.2) is 0 Å². The molecule has 1 saturated heterocycles. The number of fused-ring (bicyclic) bond motifs is 1. The van der Waals surface area contributed by atoms with Crippen LogP contribution in [0.3, 0.4) is 0 Å². The molecule has 0 spiro atoms. The van der Waals surface area contributed by atoms with Crippen molar-refractivity contribution >= 4 is 34.9 Å². The highest BCUT2D eigenvalue weighted by Gasteiger charge is 2.31. The lowest BCUT2D eigenvalue weighted by atomic mass is 10.0. The minimum atomic E-state index is 0.0696. The van der Waals surface area contributed by atoms with Gasteiger partial charge in [0.05, 0.1) is 17.7 Å². The smallest absolute Gasteiger partial charge is 0.242 e. The van der Waals surface area contributed by atoms with E-state index in [-0.39, 0.29) is 24.4 Å². The molecular formula is C13H16N2O2S2. The van der Waals surface area contributed by atoms with Gasteiger partial charge in [0, 0.05) is 11.4 Å². The van der Waals surface area contributed by atoms with E-state index in [1.807, 2.05) is 4.90 Å². The Morgan fingerprint density at radius 1 is 1.53 bits per heavy atom. The van der Waals surface area contributed by atoms with Gasteiger partial charge in [-0.15, -0.1) is 23.1 Å². The van der Waals surface area contributed by atoms with Gasteiger partial charge in [-0.05, 0) is 30.4 Å². The van der Waals surface area contributed by atoms with Crippen LogP contribution < -0.4 is 0 Å². The fourth-order valence-corrected chi connectivity index (χ4v) is 4.51. The normalized spacial score (nSPS) is 22.8. The van der Waals surface area contributed by atoms with Crippen LogP contribution in [0.15, 0.2) is 11.4 Å². The Morgan fingerprint density at radius 3 is 3.11 bits per heavy atom. The van der Waals surface area contributed by atoms with E-state index < -0.39 is 0 Å². The van der Waals surface area contributed by atoms with Gasteiger partial charge in [-0.2, -0.15) is 0 Å². The minimum absolute atomic E-state index is 0.0696. The maximum Gasteiger partial charge on any atom is 0.242 e. The van der Waals surface area contributed by atoms with Crippen molar-refractivity contribution in [2.45, 2.75) is 19.4 Å². The van der Waals surface area contributed by atoms with Crippen LogP contribution in [0.2, 0.25) is 0 Å². The molecule has 1 aromatic heterocycles. The van der Waals surface area contributed by atoms with Crippen molar-refractivity contribution in [2.75, 3.05) is 24.7 Å². The number of carbonyl (C=O) groups excluding carboxylic acids is 2. The van der Waals surface area contributed by atoms with E-state index in [4.69, 9.17) is 0 Å². The quantitative estimate of drug-likeness (QED) is 0.834. The van der Waals surface area contributed by atoms with Crippen LogP contribution in [0.25, 0.3) is 0 Å². The minimum Gasteiger partial charge on any atom is -0.334 e. The molecule has 0 bridgehead atoms. The van der Waals surface area contributed by atoms with Gasteiger partial charge >= 0.3 is 0 Å². The van der Waals surface area contributed by atoms with E-state index in [0.29, 0.717) is 11.6 Å². The number of rotatable bonds is 2. The Labute approximate surface area is 120 Å². The van der Waals surface area contributed by atoms with Gasteiger partial charge in [0.25, 0.3) is 0 Å². The van der Waals surface area contributed by atoms with Crippen LogP contribution in [-0.4, -0.2) is 46.3 Å². The van der Waals surface area contributed by atoms with Crippen molar-refractivity contribution in [1.82, 2.24) is 9.80 Å². The van der Waals surface area contributed by atoms with Gasteiger partial charge in [0.2, 0.25) is 11.8 Å². The monoisotopic (exact) mass is 296 g/mol. The fraction of sp³-hybridized carbons (Fsp3) is 0.538. The molecule has 0 radical (unpaired) electrons. The second-order valence-corrected chi connectivity index (χ2v) is 6.84. The molecule has 2 aliphatic heterocycles. The zero-order valence-electron chi connectivity index (χ0n) is 10.8. The zero-order chi connectivity index (χ0) is 13.4.